The Morgan fingerprint density at radius 2 is 1.97 bits per heavy atom. The van der Waals surface area contributed by atoms with Crippen molar-refractivity contribution < 1.29 is 24.5 Å². The Labute approximate surface area is 180 Å². The zero-order valence-electron chi connectivity index (χ0n) is 19.2. The van der Waals surface area contributed by atoms with Gasteiger partial charge < -0.3 is 14.9 Å². The molecule has 0 aromatic heterocycles. The van der Waals surface area contributed by atoms with Crippen molar-refractivity contribution >= 4 is 11.9 Å². The highest BCUT2D eigenvalue weighted by molar-refractivity contribution is 5.85. The first kappa shape index (κ1) is 23.1. The van der Waals surface area contributed by atoms with Gasteiger partial charge >= 0.3 is 11.9 Å². The number of carbonyl (C=O) groups is 2. The first-order valence-corrected chi connectivity index (χ1v) is 11.4. The molecule has 2 N–H and O–H groups in total. The van der Waals surface area contributed by atoms with Gasteiger partial charge in [0.15, 0.2) is 0 Å². The molecule has 5 nitrogen and oxygen atoms in total. The van der Waals surface area contributed by atoms with Gasteiger partial charge in [-0.05, 0) is 89.0 Å². The van der Waals surface area contributed by atoms with Gasteiger partial charge in [-0.1, -0.05) is 25.0 Å². The van der Waals surface area contributed by atoms with E-state index >= 15 is 0 Å². The molecule has 30 heavy (non-hydrogen) atoms. The number of fused-ring (bicyclic) bond motifs is 1. The summed E-state index contributed by atoms with van der Waals surface area (Å²) in [4.78, 5) is 23.5. The largest absolute Gasteiger partial charge is 0.481 e. The highest BCUT2D eigenvalue weighted by Crippen LogP contribution is 2.63. The second-order valence-electron chi connectivity index (χ2n) is 10.7. The molecule has 1 heterocycles. The van der Waals surface area contributed by atoms with Gasteiger partial charge in [0.2, 0.25) is 0 Å². The Kier molecular flexibility index (Phi) is 6.26. The number of cyclic esters (lactones) is 1. The quantitative estimate of drug-likeness (QED) is 0.467. The third-order valence-electron chi connectivity index (χ3n) is 8.57. The van der Waals surface area contributed by atoms with Crippen LogP contribution < -0.4 is 0 Å². The van der Waals surface area contributed by atoms with Gasteiger partial charge in [-0.25, -0.2) is 4.79 Å². The molecule has 2 unspecified atom stereocenters. The Morgan fingerprint density at radius 3 is 2.57 bits per heavy atom. The van der Waals surface area contributed by atoms with Crippen molar-refractivity contribution in [1.82, 2.24) is 0 Å². The van der Waals surface area contributed by atoms with Crippen molar-refractivity contribution in [2.45, 2.75) is 97.7 Å². The van der Waals surface area contributed by atoms with E-state index in [4.69, 9.17) is 4.74 Å². The summed E-state index contributed by atoms with van der Waals surface area (Å²) in [7, 11) is 0. The molecule has 0 aromatic rings. The van der Waals surface area contributed by atoms with Crippen molar-refractivity contribution in [3.8, 4) is 0 Å². The van der Waals surface area contributed by atoms with Crippen LogP contribution in [0.5, 0.6) is 0 Å². The second-order valence-corrected chi connectivity index (χ2v) is 10.7. The maximum Gasteiger partial charge on any atom is 0.331 e. The maximum absolute atomic E-state index is 12.2. The standard InChI is InChI=1S/C25H38O5/c1-16(7-9-18-17(2)15-21(26)30-18)8-10-20-23(3)12-6-13-24(4,22(27)28)19(23)11-14-25(20,5)29/h7,15,18-20,29H,6,8-14H2,1-5H3,(H,27,28)/b16-7+/t18-,19?,20?,23+,24-,25-/m1/s1. The van der Waals surface area contributed by atoms with Crippen LogP contribution in [0.1, 0.15) is 86.0 Å². The molecule has 2 fully saturated rings. The normalized spacial score (nSPS) is 41.8. The van der Waals surface area contributed by atoms with Crippen LogP contribution in [0.25, 0.3) is 0 Å². The lowest BCUT2D eigenvalue weighted by atomic mass is 9.44. The maximum atomic E-state index is 12.2. The fourth-order valence-electron chi connectivity index (χ4n) is 6.76. The Morgan fingerprint density at radius 1 is 1.27 bits per heavy atom. The summed E-state index contributed by atoms with van der Waals surface area (Å²) < 4.78 is 5.31. The lowest BCUT2D eigenvalue weighted by Crippen LogP contribution is -2.59. The van der Waals surface area contributed by atoms with E-state index in [0.29, 0.717) is 12.8 Å². The minimum Gasteiger partial charge on any atom is -0.481 e. The number of rotatable bonds is 6. The molecule has 6 atom stereocenters. The van der Waals surface area contributed by atoms with E-state index < -0.39 is 17.0 Å². The lowest BCUT2D eigenvalue weighted by molar-refractivity contribution is -0.190. The monoisotopic (exact) mass is 418 g/mol. The first-order chi connectivity index (χ1) is 13.9. The molecule has 0 amide bonds. The van der Waals surface area contributed by atoms with Crippen molar-refractivity contribution in [2.24, 2.45) is 22.7 Å². The smallest absolute Gasteiger partial charge is 0.331 e. The fourth-order valence-corrected chi connectivity index (χ4v) is 6.76. The number of carboxylic acids is 1. The number of aliphatic carboxylic acids is 1. The zero-order chi connectivity index (χ0) is 22.3. The summed E-state index contributed by atoms with van der Waals surface area (Å²) in [6, 6.07) is 0. The van der Waals surface area contributed by atoms with Crippen LogP contribution >= 0.6 is 0 Å². The van der Waals surface area contributed by atoms with Gasteiger partial charge in [0, 0.05) is 12.5 Å². The Balaban J connectivity index is 1.73. The summed E-state index contributed by atoms with van der Waals surface area (Å²) in [5.41, 5.74) is 0.535. The third kappa shape index (κ3) is 4.10. The van der Waals surface area contributed by atoms with E-state index in [2.05, 4.69) is 19.9 Å². The van der Waals surface area contributed by atoms with Gasteiger partial charge in [0.25, 0.3) is 0 Å². The van der Waals surface area contributed by atoms with E-state index in [0.717, 1.165) is 44.1 Å². The minimum absolute atomic E-state index is 0.0667. The van der Waals surface area contributed by atoms with Gasteiger partial charge in [-0.2, -0.15) is 0 Å². The first-order valence-electron chi connectivity index (χ1n) is 11.4. The SMILES string of the molecule is CC1=CC(=O)O[C@@H]1C/C=C(\C)CCC1[C@@]2(C)CCC[C@@](C)(C(=O)O)C2CC[C@@]1(C)O. The number of carbonyl (C=O) groups excluding carboxylic acids is 1. The average molecular weight is 419 g/mol. The number of hydrogen-bond donors (Lipinski definition) is 2. The van der Waals surface area contributed by atoms with Gasteiger partial charge in [0.1, 0.15) is 6.10 Å². The average Bonchev–Trinajstić information content (AvgIpc) is 2.95. The van der Waals surface area contributed by atoms with Crippen LogP contribution in [0.4, 0.5) is 0 Å². The lowest BCUT2D eigenvalue weighted by Gasteiger charge is -2.60. The van der Waals surface area contributed by atoms with E-state index in [-0.39, 0.29) is 29.3 Å². The Bertz CT molecular complexity index is 764. The highest BCUT2D eigenvalue weighted by atomic mass is 16.5. The topological polar surface area (TPSA) is 83.8 Å². The molecule has 0 saturated heterocycles. The van der Waals surface area contributed by atoms with Crippen molar-refractivity contribution in [2.75, 3.05) is 0 Å². The molecule has 0 aromatic carbocycles. The number of aliphatic hydroxyl groups is 1. The fraction of sp³-hybridized carbons (Fsp3) is 0.760. The third-order valence-corrected chi connectivity index (χ3v) is 8.57. The molecule has 0 spiro atoms. The van der Waals surface area contributed by atoms with E-state index in [1.807, 2.05) is 20.8 Å². The van der Waals surface area contributed by atoms with Crippen LogP contribution in [0.3, 0.4) is 0 Å². The summed E-state index contributed by atoms with van der Waals surface area (Å²) in [6.45, 7) is 10.1. The molecule has 3 rings (SSSR count). The summed E-state index contributed by atoms with van der Waals surface area (Å²) in [6.07, 6.45) is 9.94. The molecule has 0 bridgehead atoms. The molecular formula is C25H38O5. The van der Waals surface area contributed by atoms with Crippen LogP contribution in [0.15, 0.2) is 23.3 Å². The second kappa shape index (κ2) is 8.14. The molecule has 0 radical (unpaired) electrons. The van der Waals surface area contributed by atoms with Crippen LogP contribution in [-0.2, 0) is 14.3 Å². The van der Waals surface area contributed by atoms with Gasteiger partial charge in [-0.15, -0.1) is 0 Å². The van der Waals surface area contributed by atoms with Crippen molar-refractivity contribution in [1.29, 1.82) is 0 Å². The van der Waals surface area contributed by atoms with Crippen LogP contribution in [0.2, 0.25) is 0 Å². The van der Waals surface area contributed by atoms with Crippen molar-refractivity contribution in [3.63, 3.8) is 0 Å². The van der Waals surface area contributed by atoms with E-state index in [9.17, 15) is 19.8 Å². The highest BCUT2D eigenvalue weighted by Gasteiger charge is 2.61. The predicted octanol–water partition coefficient (Wildman–Crippen LogP) is 5.03. The molecule has 3 aliphatic rings. The number of allylic oxidation sites excluding steroid dienone is 1. The number of esters is 1. The molecular weight excluding hydrogens is 380 g/mol. The summed E-state index contributed by atoms with van der Waals surface area (Å²) >= 11 is 0. The van der Waals surface area contributed by atoms with E-state index in [1.165, 1.54) is 5.57 Å². The summed E-state index contributed by atoms with van der Waals surface area (Å²) in [5, 5.41) is 21.3. The predicted molar refractivity (Wildman–Crippen MR) is 116 cm³/mol. The Hall–Kier alpha value is -1.62. The molecule has 2 saturated carbocycles. The number of carboxylic acid groups (broad SMARTS) is 1. The summed E-state index contributed by atoms with van der Waals surface area (Å²) in [5.74, 6) is -0.794. The molecule has 2 aliphatic carbocycles. The molecule has 1 aliphatic heterocycles. The van der Waals surface area contributed by atoms with Crippen LogP contribution in [0, 0.1) is 22.7 Å². The number of hydrogen-bond acceptors (Lipinski definition) is 4. The minimum atomic E-state index is -0.775. The van der Waals surface area contributed by atoms with Crippen LogP contribution in [-0.4, -0.2) is 33.9 Å². The van der Waals surface area contributed by atoms with Crippen molar-refractivity contribution in [3.05, 3.63) is 23.3 Å². The molecule has 5 heteroatoms. The number of ether oxygens (including phenoxy) is 1. The van der Waals surface area contributed by atoms with E-state index in [1.54, 1.807) is 6.08 Å². The van der Waals surface area contributed by atoms with Gasteiger partial charge in [-0.3, -0.25) is 4.79 Å². The zero-order valence-corrected chi connectivity index (χ0v) is 19.2. The molecule has 168 valence electrons. The van der Waals surface area contributed by atoms with Gasteiger partial charge in [0.05, 0.1) is 11.0 Å².